The minimum Gasteiger partial charge on any atom is -0.493 e. The molecule has 3 aliphatic carbocycles. The van der Waals surface area contributed by atoms with Crippen molar-refractivity contribution in [3.63, 3.8) is 0 Å². The minimum absolute atomic E-state index is 0.0131. The number of aromatic nitrogens is 6. The zero-order chi connectivity index (χ0) is 22.5. The number of pyridine rings is 2. The topological polar surface area (TPSA) is 108 Å². The van der Waals surface area contributed by atoms with Crippen molar-refractivity contribution in [1.29, 1.82) is 0 Å². The van der Waals surface area contributed by atoms with Gasteiger partial charge in [-0.1, -0.05) is 6.07 Å². The van der Waals surface area contributed by atoms with Crippen LogP contribution in [-0.2, 0) is 11.8 Å². The highest BCUT2D eigenvalue weighted by Crippen LogP contribution is 2.52. The van der Waals surface area contributed by atoms with Crippen LogP contribution in [0.3, 0.4) is 0 Å². The number of hydrogen-bond acceptors (Lipinski definition) is 7. The summed E-state index contributed by atoms with van der Waals surface area (Å²) in [4.78, 5) is 31.2. The molecule has 0 aliphatic heterocycles. The van der Waals surface area contributed by atoms with E-state index in [2.05, 4.69) is 25.4 Å². The lowest BCUT2D eigenvalue weighted by molar-refractivity contribution is -0.120. The molecule has 9 heteroatoms. The fourth-order valence-electron chi connectivity index (χ4n) is 5.15. The summed E-state index contributed by atoms with van der Waals surface area (Å²) in [5.41, 5.74) is 4.03. The molecule has 33 heavy (non-hydrogen) atoms. The van der Waals surface area contributed by atoms with Crippen molar-refractivity contribution in [3.8, 4) is 28.4 Å². The second kappa shape index (κ2) is 7.61. The van der Waals surface area contributed by atoms with Gasteiger partial charge >= 0.3 is 0 Å². The van der Waals surface area contributed by atoms with Gasteiger partial charge in [-0.2, -0.15) is 5.10 Å². The number of rotatable bonds is 5. The fourth-order valence-corrected chi connectivity index (χ4v) is 5.15. The van der Waals surface area contributed by atoms with Crippen molar-refractivity contribution < 1.29 is 9.53 Å². The third-order valence-corrected chi connectivity index (χ3v) is 6.79. The monoisotopic (exact) mass is 441 g/mol. The Bertz CT molecular complexity index is 1360. The number of nitrogens with zero attached hydrogens (tertiary/aromatic N) is 6. The average molecular weight is 441 g/mol. The summed E-state index contributed by atoms with van der Waals surface area (Å²) in [7, 11) is 3.42. The van der Waals surface area contributed by atoms with Crippen molar-refractivity contribution in [2.24, 2.45) is 24.8 Å². The predicted molar refractivity (Wildman–Crippen MR) is 122 cm³/mol. The summed E-state index contributed by atoms with van der Waals surface area (Å²) < 4.78 is 7.26. The van der Waals surface area contributed by atoms with E-state index in [4.69, 9.17) is 9.72 Å². The van der Waals surface area contributed by atoms with Gasteiger partial charge in [-0.15, -0.1) is 0 Å². The van der Waals surface area contributed by atoms with E-state index >= 15 is 0 Å². The van der Waals surface area contributed by atoms with Gasteiger partial charge in [0.05, 0.1) is 23.9 Å². The summed E-state index contributed by atoms with van der Waals surface area (Å²) in [6.07, 6.45) is 8.41. The standard InChI is InChI=1S/C24H23N7O2/c1-31-11-16(20(30-31)17-5-3-4-6-25-17)21-22-18(26-12-27-21)10-19(33-2)23(28-22)29-24(32)15-9-13-7-14(15)8-13/h3-6,10-15H,7-9H2,1-2H3,(H,28,29,32)/t13?,14?,15-/m1/s1. The van der Waals surface area contributed by atoms with Crippen LogP contribution in [0.5, 0.6) is 5.75 Å². The molecule has 4 aromatic rings. The molecule has 1 amide bonds. The van der Waals surface area contributed by atoms with Crippen molar-refractivity contribution in [1.82, 2.24) is 29.7 Å². The molecule has 7 rings (SSSR count). The van der Waals surface area contributed by atoms with Gasteiger partial charge in [0.1, 0.15) is 23.2 Å². The van der Waals surface area contributed by atoms with Gasteiger partial charge in [0.2, 0.25) is 5.91 Å². The smallest absolute Gasteiger partial charge is 0.229 e. The van der Waals surface area contributed by atoms with Gasteiger partial charge in [-0.25, -0.2) is 15.0 Å². The number of nitrogens with one attached hydrogen (secondary N) is 1. The Hall–Kier alpha value is -3.88. The van der Waals surface area contributed by atoms with Crippen LogP contribution < -0.4 is 10.1 Å². The predicted octanol–water partition coefficient (Wildman–Crippen LogP) is 3.48. The molecular formula is C24H23N7O2. The van der Waals surface area contributed by atoms with E-state index in [0.717, 1.165) is 30.5 Å². The molecule has 9 nitrogen and oxygen atoms in total. The van der Waals surface area contributed by atoms with E-state index in [-0.39, 0.29) is 11.8 Å². The quantitative estimate of drug-likeness (QED) is 0.505. The van der Waals surface area contributed by atoms with Gasteiger partial charge in [-0.3, -0.25) is 14.5 Å². The van der Waals surface area contributed by atoms with Gasteiger partial charge in [-0.05, 0) is 43.2 Å². The lowest BCUT2D eigenvalue weighted by atomic mass is 9.82. The van der Waals surface area contributed by atoms with Crippen molar-refractivity contribution in [3.05, 3.63) is 43.0 Å². The van der Waals surface area contributed by atoms with Crippen molar-refractivity contribution >= 4 is 22.8 Å². The molecule has 3 fully saturated rings. The maximum atomic E-state index is 13.0. The minimum atomic E-state index is 0.0131. The summed E-state index contributed by atoms with van der Waals surface area (Å²) in [5.74, 6) is 2.13. The fraction of sp³-hybridized carbons (Fsp3) is 0.333. The number of carbonyl (C=O) groups excluding carboxylic acids is 1. The SMILES string of the molecule is COc1cc2ncnc(-c3cn(C)nc3-c3ccccn3)c2nc1NC(=O)[C@@H]1CC2CC1C2. The van der Waals surface area contributed by atoms with Crippen LogP contribution in [-0.4, -0.2) is 42.7 Å². The molecule has 0 spiro atoms. The van der Waals surface area contributed by atoms with Crippen molar-refractivity contribution in [2.75, 3.05) is 12.4 Å². The number of amides is 1. The van der Waals surface area contributed by atoms with E-state index < -0.39 is 0 Å². The highest BCUT2D eigenvalue weighted by atomic mass is 16.5. The van der Waals surface area contributed by atoms with Gasteiger partial charge in [0, 0.05) is 31.4 Å². The molecule has 1 atom stereocenters. The normalized spacial score (nSPS) is 21.1. The first-order chi connectivity index (χ1) is 16.1. The van der Waals surface area contributed by atoms with Gasteiger partial charge in [0.15, 0.2) is 11.6 Å². The van der Waals surface area contributed by atoms with E-state index in [1.807, 2.05) is 31.4 Å². The number of ether oxygens (including phenoxy) is 1. The molecule has 0 saturated heterocycles. The molecule has 0 aromatic carbocycles. The third kappa shape index (κ3) is 3.31. The molecule has 4 heterocycles. The van der Waals surface area contributed by atoms with E-state index in [1.165, 1.54) is 6.33 Å². The summed E-state index contributed by atoms with van der Waals surface area (Å²) >= 11 is 0. The molecule has 3 saturated carbocycles. The average Bonchev–Trinajstić information content (AvgIpc) is 3.53. The number of aryl methyl sites for hydroxylation is 1. The highest BCUT2D eigenvalue weighted by molar-refractivity contribution is 5.98. The van der Waals surface area contributed by atoms with E-state index in [0.29, 0.717) is 45.8 Å². The maximum Gasteiger partial charge on any atom is 0.229 e. The van der Waals surface area contributed by atoms with E-state index in [1.54, 1.807) is 24.1 Å². The first kappa shape index (κ1) is 19.8. The second-order valence-electron chi connectivity index (χ2n) is 8.84. The summed E-state index contributed by atoms with van der Waals surface area (Å²) in [6, 6.07) is 7.48. The first-order valence-corrected chi connectivity index (χ1v) is 11.1. The van der Waals surface area contributed by atoms with Crippen LogP contribution >= 0.6 is 0 Å². The molecule has 3 aliphatic rings. The Morgan fingerprint density at radius 1 is 1.15 bits per heavy atom. The molecular weight excluding hydrogens is 418 g/mol. The number of methoxy groups -OCH3 is 1. The van der Waals surface area contributed by atoms with E-state index in [9.17, 15) is 4.79 Å². The van der Waals surface area contributed by atoms with Crippen LogP contribution in [0, 0.1) is 17.8 Å². The lowest BCUT2D eigenvalue weighted by Gasteiger charge is -2.24. The Balaban J connectivity index is 1.45. The van der Waals surface area contributed by atoms with Crippen LogP contribution in [0.1, 0.15) is 19.3 Å². The number of hydrogen-bond donors (Lipinski definition) is 1. The molecule has 4 aromatic heterocycles. The zero-order valence-corrected chi connectivity index (χ0v) is 18.4. The second-order valence-corrected chi connectivity index (χ2v) is 8.84. The Labute approximate surface area is 190 Å². The summed E-state index contributed by atoms with van der Waals surface area (Å²) in [6.45, 7) is 0. The maximum absolute atomic E-state index is 13.0. The first-order valence-electron chi connectivity index (χ1n) is 11.1. The number of carbonyl (C=O) groups is 1. The largest absolute Gasteiger partial charge is 0.493 e. The third-order valence-electron chi connectivity index (χ3n) is 6.79. The van der Waals surface area contributed by atoms with Crippen LogP contribution in [0.15, 0.2) is 43.0 Å². The van der Waals surface area contributed by atoms with Crippen LogP contribution in [0.25, 0.3) is 33.7 Å². The molecule has 1 N–H and O–H groups in total. The van der Waals surface area contributed by atoms with Crippen molar-refractivity contribution in [2.45, 2.75) is 19.3 Å². The number of fused-ring (bicyclic) bond motifs is 2. The van der Waals surface area contributed by atoms with Crippen LogP contribution in [0.2, 0.25) is 0 Å². The molecule has 0 radical (unpaired) electrons. The molecule has 2 bridgehead atoms. The Morgan fingerprint density at radius 2 is 2.03 bits per heavy atom. The Kier molecular flexibility index (Phi) is 4.56. The number of anilines is 1. The summed E-state index contributed by atoms with van der Waals surface area (Å²) in [5, 5.41) is 7.62. The van der Waals surface area contributed by atoms with Gasteiger partial charge in [0.25, 0.3) is 0 Å². The Morgan fingerprint density at radius 3 is 2.76 bits per heavy atom. The van der Waals surface area contributed by atoms with Crippen LogP contribution in [0.4, 0.5) is 5.82 Å². The molecule has 0 unspecified atom stereocenters. The van der Waals surface area contributed by atoms with Gasteiger partial charge < -0.3 is 10.1 Å². The highest BCUT2D eigenvalue weighted by Gasteiger charge is 2.47. The molecule has 166 valence electrons. The lowest BCUT2D eigenvalue weighted by Crippen LogP contribution is -2.26. The zero-order valence-electron chi connectivity index (χ0n) is 18.4.